The van der Waals surface area contributed by atoms with Crippen molar-refractivity contribution < 1.29 is 50.4 Å². The van der Waals surface area contributed by atoms with Crippen LogP contribution >= 0.6 is 0 Å². The lowest BCUT2D eigenvalue weighted by Gasteiger charge is -2.23. The summed E-state index contributed by atoms with van der Waals surface area (Å²) in [5.41, 5.74) is 14.5. The molecule has 0 fully saturated rings. The summed E-state index contributed by atoms with van der Waals surface area (Å²) in [7, 11) is -1.66. The Kier molecular flexibility index (Phi) is 12.6. The van der Waals surface area contributed by atoms with Crippen LogP contribution in [0.15, 0.2) is 36.4 Å². The molecular formula is C28H35BF6N6O5. The van der Waals surface area contributed by atoms with Crippen LogP contribution in [0.25, 0.3) is 0 Å². The normalized spacial score (nSPS) is 14.4. The van der Waals surface area contributed by atoms with Crippen molar-refractivity contribution in [3.63, 3.8) is 0 Å². The van der Waals surface area contributed by atoms with Crippen LogP contribution < -0.4 is 33.3 Å². The van der Waals surface area contributed by atoms with Gasteiger partial charge in [0.25, 0.3) is 0 Å². The third-order valence-corrected chi connectivity index (χ3v) is 7.30. The van der Waals surface area contributed by atoms with Crippen LogP contribution in [0.1, 0.15) is 41.5 Å². The Hall–Kier alpha value is -3.71. The number of hydrogen-bond acceptors (Lipinski definition) is 8. The molecule has 11 nitrogen and oxygen atoms in total. The number of rotatable bonds is 14. The SMILES string of the molecule is NCCN(CCN)C(=O)CC[C@H](N)C(=O)N[C@H](CCc1ccc(C(F)(F)F)cc1)C(=O)Nc1cc2c(c(C(F)(F)F)c1)COB2O. The smallest absolute Gasteiger partial charge is 0.423 e. The summed E-state index contributed by atoms with van der Waals surface area (Å²) in [6, 6.07) is 3.19. The molecule has 0 spiro atoms. The van der Waals surface area contributed by atoms with Gasteiger partial charge in [-0.15, -0.1) is 0 Å². The molecule has 1 aliphatic rings. The molecule has 0 radical (unpaired) electrons. The van der Waals surface area contributed by atoms with Crippen LogP contribution in [0.2, 0.25) is 0 Å². The molecule has 9 N–H and O–H groups in total. The molecule has 1 heterocycles. The zero-order chi connectivity index (χ0) is 34.2. The van der Waals surface area contributed by atoms with Crippen molar-refractivity contribution in [1.29, 1.82) is 0 Å². The maximum atomic E-state index is 13.8. The lowest BCUT2D eigenvalue weighted by molar-refractivity contribution is -0.138. The van der Waals surface area contributed by atoms with Gasteiger partial charge < -0.3 is 42.4 Å². The minimum Gasteiger partial charge on any atom is -0.423 e. The second-order valence-corrected chi connectivity index (χ2v) is 10.6. The average molecular weight is 660 g/mol. The average Bonchev–Trinajstić information content (AvgIpc) is 3.36. The first-order valence-electron chi connectivity index (χ1n) is 14.3. The van der Waals surface area contributed by atoms with Gasteiger partial charge in [-0.2, -0.15) is 26.3 Å². The van der Waals surface area contributed by atoms with Crippen LogP contribution in [0.4, 0.5) is 32.0 Å². The highest BCUT2D eigenvalue weighted by Crippen LogP contribution is 2.35. The number of carbonyl (C=O) groups excluding carboxylic acids is 3. The number of amides is 3. The maximum absolute atomic E-state index is 13.8. The van der Waals surface area contributed by atoms with Gasteiger partial charge in [0, 0.05) is 38.3 Å². The van der Waals surface area contributed by atoms with Gasteiger partial charge in [-0.25, -0.2) is 0 Å². The van der Waals surface area contributed by atoms with E-state index in [0.29, 0.717) is 11.6 Å². The molecule has 252 valence electrons. The van der Waals surface area contributed by atoms with Crippen LogP contribution in [0.3, 0.4) is 0 Å². The quantitative estimate of drug-likeness (QED) is 0.127. The predicted molar refractivity (Wildman–Crippen MR) is 156 cm³/mol. The van der Waals surface area contributed by atoms with Crippen LogP contribution in [-0.4, -0.2) is 73.0 Å². The highest BCUT2D eigenvalue weighted by Gasteiger charge is 2.40. The van der Waals surface area contributed by atoms with Gasteiger partial charge >= 0.3 is 19.5 Å². The summed E-state index contributed by atoms with van der Waals surface area (Å²) in [6.07, 6.45) is -9.87. The molecule has 0 saturated carbocycles. The number of halogens is 6. The summed E-state index contributed by atoms with van der Waals surface area (Å²) in [6.45, 7) is 0.364. The van der Waals surface area contributed by atoms with E-state index in [-0.39, 0.29) is 74.5 Å². The Morgan fingerprint density at radius 3 is 2.15 bits per heavy atom. The number of aryl methyl sites for hydroxylation is 1. The molecular weight excluding hydrogens is 625 g/mol. The highest BCUT2D eigenvalue weighted by molar-refractivity contribution is 6.61. The lowest BCUT2D eigenvalue weighted by Crippen LogP contribution is -2.50. The van der Waals surface area contributed by atoms with Crippen LogP contribution in [0, 0.1) is 0 Å². The minimum atomic E-state index is -4.84. The number of nitrogens with one attached hydrogen (secondary N) is 2. The summed E-state index contributed by atoms with van der Waals surface area (Å²) >= 11 is 0. The summed E-state index contributed by atoms with van der Waals surface area (Å²) < 4.78 is 85.1. The number of fused-ring (bicyclic) bond motifs is 1. The van der Waals surface area contributed by atoms with Crippen LogP contribution in [0.5, 0.6) is 0 Å². The second-order valence-electron chi connectivity index (χ2n) is 10.6. The van der Waals surface area contributed by atoms with E-state index in [0.717, 1.165) is 18.2 Å². The van der Waals surface area contributed by atoms with E-state index >= 15 is 0 Å². The number of nitrogens with zero attached hydrogens (tertiary/aromatic N) is 1. The Bertz CT molecular complexity index is 1370. The van der Waals surface area contributed by atoms with Crippen molar-refractivity contribution in [2.24, 2.45) is 17.2 Å². The molecule has 0 aromatic heterocycles. The largest absolute Gasteiger partial charge is 0.491 e. The fourth-order valence-electron chi connectivity index (χ4n) is 4.84. The Balaban J connectivity index is 1.79. The molecule has 0 unspecified atom stereocenters. The monoisotopic (exact) mass is 660 g/mol. The van der Waals surface area contributed by atoms with Crippen molar-refractivity contribution in [2.75, 3.05) is 31.5 Å². The molecule has 0 aliphatic carbocycles. The minimum absolute atomic E-state index is 0.0120. The lowest BCUT2D eigenvalue weighted by atomic mass is 9.78. The van der Waals surface area contributed by atoms with Gasteiger partial charge in [-0.05, 0) is 60.1 Å². The standard InChI is InChI=1S/C28H35BF6N6O5/c30-27(31,32)17-4-1-16(2-5-17)3-7-23(40-25(43)22(38)6-8-24(42)41(11-9-36)12-10-37)26(44)39-18-13-20(28(33,34)35)19-15-46-29(45)21(19)14-18/h1-2,4-5,13-14,22-23,45H,3,6-12,15,36-38H2,(H,39,44)(H,40,43)/t22-,23+/m0/s1. The van der Waals surface area contributed by atoms with Crippen LogP contribution in [-0.2, 0) is 44.4 Å². The van der Waals surface area contributed by atoms with Crippen molar-refractivity contribution in [3.8, 4) is 0 Å². The third kappa shape index (κ3) is 9.90. The Labute approximate surface area is 260 Å². The molecule has 0 saturated heterocycles. The first-order valence-corrected chi connectivity index (χ1v) is 14.3. The number of anilines is 1. The van der Waals surface area contributed by atoms with Crippen molar-refractivity contribution in [3.05, 3.63) is 58.7 Å². The van der Waals surface area contributed by atoms with E-state index in [1.807, 2.05) is 0 Å². The maximum Gasteiger partial charge on any atom is 0.491 e. The molecule has 3 amide bonds. The van der Waals surface area contributed by atoms with E-state index < -0.39 is 61.1 Å². The predicted octanol–water partition coefficient (Wildman–Crippen LogP) is 0.852. The Morgan fingerprint density at radius 1 is 0.957 bits per heavy atom. The van der Waals surface area contributed by atoms with E-state index in [1.54, 1.807) is 0 Å². The molecule has 18 heteroatoms. The van der Waals surface area contributed by atoms with Crippen molar-refractivity contribution >= 4 is 36.0 Å². The zero-order valence-electron chi connectivity index (χ0n) is 24.6. The topological polar surface area (TPSA) is 186 Å². The molecule has 46 heavy (non-hydrogen) atoms. The number of alkyl halides is 6. The number of nitrogens with two attached hydrogens (primary N) is 3. The first kappa shape index (κ1) is 36.8. The van der Waals surface area contributed by atoms with E-state index in [9.17, 15) is 45.8 Å². The first-order chi connectivity index (χ1) is 21.5. The Morgan fingerprint density at radius 2 is 1.59 bits per heavy atom. The van der Waals surface area contributed by atoms with Gasteiger partial charge in [-0.1, -0.05) is 12.1 Å². The third-order valence-electron chi connectivity index (χ3n) is 7.30. The van der Waals surface area contributed by atoms with E-state index in [4.69, 9.17) is 21.9 Å². The molecule has 2 aromatic rings. The van der Waals surface area contributed by atoms with Gasteiger partial charge in [-0.3, -0.25) is 14.4 Å². The second kappa shape index (κ2) is 15.7. The summed E-state index contributed by atoms with van der Waals surface area (Å²) in [5, 5.41) is 14.7. The molecule has 1 aliphatic heterocycles. The highest BCUT2D eigenvalue weighted by atomic mass is 19.4. The van der Waals surface area contributed by atoms with Gasteiger partial charge in [0.2, 0.25) is 17.7 Å². The molecule has 2 aromatic carbocycles. The summed E-state index contributed by atoms with van der Waals surface area (Å²) in [4.78, 5) is 40.3. The van der Waals surface area contributed by atoms with E-state index in [2.05, 4.69) is 10.6 Å². The van der Waals surface area contributed by atoms with Crippen molar-refractivity contribution in [2.45, 2.75) is 56.7 Å². The van der Waals surface area contributed by atoms with Crippen molar-refractivity contribution in [1.82, 2.24) is 10.2 Å². The van der Waals surface area contributed by atoms with Gasteiger partial charge in [0.1, 0.15) is 6.04 Å². The van der Waals surface area contributed by atoms with E-state index in [1.165, 1.54) is 17.0 Å². The van der Waals surface area contributed by atoms with Gasteiger partial charge in [0.05, 0.1) is 23.8 Å². The molecule has 3 rings (SSSR count). The van der Waals surface area contributed by atoms with Gasteiger partial charge in [0.15, 0.2) is 0 Å². The summed E-state index contributed by atoms with van der Waals surface area (Å²) in [5.74, 6) is -2.15. The number of benzene rings is 2. The molecule has 0 bridgehead atoms. The fraction of sp³-hybridized carbons (Fsp3) is 0.464. The zero-order valence-corrected chi connectivity index (χ0v) is 24.6. The molecule has 2 atom stereocenters. The number of carbonyl (C=O) groups is 3. The number of hydrogen-bond donors (Lipinski definition) is 6. The fourth-order valence-corrected chi connectivity index (χ4v) is 4.84.